The summed E-state index contributed by atoms with van der Waals surface area (Å²) in [7, 11) is 0. The molecule has 0 heterocycles. The summed E-state index contributed by atoms with van der Waals surface area (Å²) in [6.45, 7) is 3.66. The number of hydrogen-bond donors (Lipinski definition) is 3. The largest absolute Gasteiger partial charge is 0.396 e. The van der Waals surface area contributed by atoms with E-state index in [2.05, 4.69) is 10.6 Å². The smallest absolute Gasteiger partial charge is 0.251 e. The highest BCUT2D eigenvalue weighted by Gasteiger charge is 2.10. The Labute approximate surface area is 113 Å². The minimum atomic E-state index is -0.270. The zero-order valence-corrected chi connectivity index (χ0v) is 11.3. The van der Waals surface area contributed by atoms with E-state index in [0.29, 0.717) is 12.0 Å². The second-order valence-electron chi connectivity index (χ2n) is 4.53. The predicted octanol–water partition coefficient (Wildman–Crippen LogP) is 0.612. The van der Waals surface area contributed by atoms with Crippen LogP contribution >= 0.6 is 0 Å². The molecule has 0 aliphatic heterocycles. The van der Waals surface area contributed by atoms with Gasteiger partial charge in [-0.2, -0.15) is 0 Å². The summed E-state index contributed by atoms with van der Waals surface area (Å²) in [4.78, 5) is 23.3. The van der Waals surface area contributed by atoms with Crippen molar-refractivity contribution in [2.24, 2.45) is 0 Å². The molecule has 3 N–H and O–H groups in total. The average Bonchev–Trinajstić information content (AvgIpc) is 2.36. The Morgan fingerprint density at radius 1 is 1.37 bits per heavy atom. The summed E-state index contributed by atoms with van der Waals surface area (Å²) in [5, 5.41) is 14.0. The van der Waals surface area contributed by atoms with Crippen LogP contribution in [0.5, 0.6) is 0 Å². The lowest BCUT2D eigenvalue weighted by Crippen LogP contribution is -2.41. The molecule has 0 spiro atoms. The number of aryl methyl sites for hydroxylation is 1. The van der Waals surface area contributed by atoms with Crippen molar-refractivity contribution in [3.63, 3.8) is 0 Å². The zero-order chi connectivity index (χ0) is 14.3. The van der Waals surface area contributed by atoms with Crippen LogP contribution in [0, 0.1) is 6.92 Å². The summed E-state index contributed by atoms with van der Waals surface area (Å²) < 4.78 is 0. The molecule has 0 radical (unpaired) electrons. The highest BCUT2D eigenvalue weighted by atomic mass is 16.3. The van der Waals surface area contributed by atoms with Crippen LogP contribution in [0.15, 0.2) is 24.3 Å². The maximum Gasteiger partial charge on any atom is 0.251 e. The van der Waals surface area contributed by atoms with Crippen molar-refractivity contribution >= 4 is 11.8 Å². The van der Waals surface area contributed by atoms with Gasteiger partial charge in [0.15, 0.2) is 0 Å². The maximum atomic E-state index is 11.8. The SMILES string of the molecule is Cc1cccc(C(=O)NCC(=O)NC(C)CCO)c1. The quantitative estimate of drug-likeness (QED) is 0.704. The number of nitrogens with one attached hydrogen (secondary N) is 2. The summed E-state index contributed by atoms with van der Waals surface area (Å²) in [6.07, 6.45) is 0.498. The van der Waals surface area contributed by atoms with E-state index >= 15 is 0 Å². The molecule has 1 aromatic carbocycles. The van der Waals surface area contributed by atoms with E-state index in [9.17, 15) is 9.59 Å². The normalized spacial score (nSPS) is 11.7. The molecule has 0 saturated heterocycles. The molecule has 1 unspecified atom stereocenters. The highest BCUT2D eigenvalue weighted by Crippen LogP contribution is 2.03. The lowest BCUT2D eigenvalue weighted by Gasteiger charge is -2.12. The van der Waals surface area contributed by atoms with E-state index < -0.39 is 0 Å². The molecule has 2 amide bonds. The molecule has 104 valence electrons. The summed E-state index contributed by atoms with van der Waals surface area (Å²) >= 11 is 0. The molecule has 19 heavy (non-hydrogen) atoms. The molecule has 0 bridgehead atoms. The van der Waals surface area contributed by atoms with Crippen molar-refractivity contribution in [2.75, 3.05) is 13.2 Å². The fourth-order valence-corrected chi connectivity index (χ4v) is 1.64. The number of carbonyl (C=O) groups excluding carboxylic acids is 2. The van der Waals surface area contributed by atoms with Gasteiger partial charge in [-0.1, -0.05) is 17.7 Å². The molecule has 0 aliphatic rings. The molecule has 0 fully saturated rings. The first-order valence-corrected chi connectivity index (χ1v) is 6.28. The standard InChI is InChI=1S/C14H20N2O3/c1-10-4-3-5-12(8-10)14(19)15-9-13(18)16-11(2)6-7-17/h3-5,8,11,17H,6-7,9H2,1-2H3,(H,15,19)(H,16,18). The number of carbonyl (C=O) groups is 2. The second kappa shape index (κ2) is 7.53. The van der Waals surface area contributed by atoms with Gasteiger partial charge in [0.05, 0.1) is 6.54 Å². The van der Waals surface area contributed by atoms with Crippen LogP contribution in [0.25, 0.3) is 0 Å². The molecule has 1 aromatic rings. The number of rotatable bonds is 6. The van der Waals surface area contributed by atoms with Gasteiger partial charge in [0.1, 0.15) is 0 Å². The van der Waals surface area contributed by atoms with Crippen LogP contribution < -0.4 is 10.6 Å². The zero-order valence-electron chi connectivity index (χ0n) is 11.3. The number of aliphatic hydroxyl groups is 1. The molecule has 0 saturated carbocycles. The van der Waals surface area contributed by atoms with Crippen LogP contribution in [0.1, 0.15) is 29.3 Å². The number of aliphatic hydroxyl groups excluding tert-OH is 1. The van der Waals surface area contributed by atoms with E-state index in [1.807, 2.05) is 13.0 Å². The van der Waals surface area contributed by atoms with Gasteiger partial charge in [-0.25, -0.2) is 0 Å². The maximum absolute atomic E-state index is 11.8. The summed E-state index contributed by atoms with van der Waals surface area (Å²) in [5.41, 5.74) is 1.53. The Morgan fingerprint density at radius 2 is 2.11 bits per heavy atom. The van der Waals surface area contributed by atoms with E-state index in [1.165, 1.54) is 0 Å². The Bertz CT molecular complexity index is 446. The van der Waals surface area contributed by atoms with Gasteiger partial charge in [-0.3, -0.25) is 9.59 Å². The molecule has 5 heteroatoms. The van der Waals surface area contributed by atoms with Gasteiger partial charge < -0.3 is 15.7 Å². The number of benzene rings is 1. The van der Waals surface area contributed by atoms with Gasteiger partial charge in [-0.15, -0.1) is 0 Å². The minimum Gasteiger partial charge on any atom is -0.396 e. The lowest BCUT2D eigenvalue weighted by atomic mass is 10.1. The lowest BCUT2D eigenvalue weighted by molar-refractivity contribution is -0.120. The van der Waals surface area contributed by atoms with Gasteiger partial charge in [0.2, 0.25) is 5.91 Å². The monoisotopic (exact) mass is 264 g/mol. The first-order valence-electron chi connectivity index (χ1n) is 6.28. The molecule has 0 aliphatic carbocycles. The first-order chi connectivity index (χ1) is 9.02. The second-order valence-corrected chi connectivity index (χ2v) is 4.53. The van der Waals surface area contributed by atoms with Gasteiger partial charge in [-0.05, 0) is 32.4 Å². The third-order valence-electron chi connectivity index (χ3n) is 2.66. The molecular weight excluding hydrogens is 244 g/mol. The van der Waals surface area contributed by atoms with E-state index in [0.717, 1.165) is 5.56 Å². The Balaban J connectivity index is 2.40. The third-order valence-corrected chi connectivity index (χ3v) is 2.66. The highest BCUT2D eigenvalue weighted by molar-refractivity contribution is 5.96. The van der Waals surface area contributed by atoms with Crippen molar-refractivity contribution in [3.8, 4) is 0 Å². The van der Waals surface area contributed by atoms with Crippen LogP contribution in [0.4, 0.5) is 0 Å². The average molecular weight is 264 g/mol. The summed E-state index contributed by atoms with van der Waals surface area (Å²) in [6, 6.07) is 7.07. The topological polar surface area (TPSA) is 78.4 Å². The molecule has 1 atom stereocenters. The van der Waals surface area contributed by atoms with Gasteiger partial charge >= 0.3 is 0 Å². The third kappa shape index (κ3) is 5.52. The van der Waals surface area contributed by atoms with E-state index in [-0.39, 0.29) is 31.0 Å². The Kier molecular flexibility index (Phi) is 6.02. The van der Waals surface area contributed by atoms with E-state index in [1.54, 1.807) is 25.1 Å². The summed E-state index contributed by atoms with van der Waals surface area (Å²) in [5.74, 6) is -0.532. The molecule has 0 aromatic heterocycles. The number of hydrogen-bond acceptors (Lipinski definition) is 3. The molecule has 5 nitrogen and oxygen atoms in total. The Morgan fingerprint density at radius 3 is 2.74 bits per heavy atom. The van der Waals surface area contributed by atoms with Crippen LogP contribution in [-0.4, -0.2) is 36.1 Å². The van der Waals surface area contributed by atoms with Crippen molar-refractivity contribution < 1.29 is 14.7 Å². The van der Waals surface area contributed by atoms with Crippen LogP contribution in [0.3, 0.4) is 0 Å². The van der Waals surface area contributed by atoms with Crippen molar-refractivity contribution in [2.45, 2.75) is 26.3 Å². The minimum absolute atomic E-state index is 0.0249. The van der Waals surface area contributed by atoms with Crippen molar-refractivity contribution in [1.82, 2.24) is 10.6 Å². The van der Waals surface area contributed by atoms with Gasteiger partial charge in [0, 0.05) is 18.2 Å². The first kappa shape index (κ1) is 15.2. The van der Waals surface area contributed by atoms with E-state index in [4.69, 9.17) is 5.11 Å². The fraction of sp³-hybridized carbons (Fsp3) is 0.429. The molecule has 1 rings (SSSR count). The van der Waals surface area contributed by atoms with Crippen molar-refractivity contribution in [3.05, 3.63) is 35.4 Å². The Hall–Kier alpha value is -1.88. The molecular formula is C14H20N2O3. The van der Waals surface area contributed by atoms with Crippen LogP contribution in [0.2, 0.25) is 0 Å². The van der Waals surface area contributed by atoms with Crippen molar-refractivity contribution in [1.29, 1.82) is 0 Å². The van der Waals surface area contributed by atoms with Crippen LogP contribution in [-0.2, 0) is 4.79 Å². The van der Waals surface area contributed by atoms with Gasteiger partial charge in [0.25, 0.3) is 5.91 Å². The number of amides is 2. The predicted molar refractivity (Wildman–Crippen MR) is 72.8 cm³/mol. The fourth-order valence-electron chi connectivity index (χ4n) is 1.64.